The van der Waals surface area contributed by atoms with Gasteiger partial charge in [-0.1, -0.05) is 6.07 Å². The van der Waals surface area contributed by atoms with Crippen molar-refractivity contribution in [2.45, 2.75) is 19.3 Å². The molecule has 2 aromatic rings. The molecule has 0 radical (unpaired) electrons. The maximum absolute atomic E-state index is 10.4. The third-order valence-electron chi connectivity index (χ3n) is 2.13. The van der Waals surface area contributed by atoms with Crippen LogP contribution in [0.1, 0.15) is 17.5 Å². The zero-order valence-corrected chi connectivity index (χ0v) is 9.04. The summed E-state index contributed by atoms with van der Waals surface area (Å²) in [6, 6.07) is 5.67. The van der Waals surface area contributed by atoms with Gasteiger partial charge in [0.15, 0.2) is 0 Å². The van der Waals surface area contributed by atoms with E-state index in [0.29, 0.717) is 18.7 Å². The van der Waals surface area contributed by atoms with E-state index in [2.05, 4.69) is 15.2 Å². The van der Waals surface area contributed by atoms with Crippen LogP contribution in [0.15, 0.2) is 28.8 Å². The first-order valence-electron chi connectivity index (χ1n) is 5.17. The summed E-state index contributed by atoms with van der Waals surface area (Å²) >= 11 is 0. The topological polar surface area (TPSA) is 89.1 Å². The van der Waals surface area contributed by atoms with E-state index in [0.717, 1.165) is 5.69 Å². The number of nitrogens with zero attached hydrogens (tertiary/aromatic N) is 3. The third kappa shape index (κ3) is 3.37. The second-order valence-electron chi connectivity index (χ2n) is 3.48. The zero-order chi connectivity index (χ0) is 12.1. The standard InChI is InChI=1S/C11H11N3O3/c15-11(16)7-10-14-13-9(17-10)5-4-8-3-1-2-6-12-8/h1-3,6H,4-5,7H2,(H,15,16). The molecule has 2 aromatic heterocycles. The first-order chi connectivity index (χ1) is 8.24. The van der Waals surface area contributed by atoms with Gasteiger partial charge in [0, 0.05) is 18.3 Å². The van der Waals surface area contributed by atoms with Crippen molar-refractivity contribution < 1.29 is 14.3 Å². The lowest BCUT2D eigenvalue weighted by Gasteiger charge is -1.95. The van der Waals surface area contributed by atoms with E-state index < -0.39 is 5.97 Å². The van der Waals surface area contributed by atoms with E-state index in [1.807, 2.05) is 18.2 Å². The number of carbonyl (C=O) groups is 1. The molecule has 17 heavy (non-hydrogen) atoms. The van der Waals surface area contributed by atoms with Crippen LogP contribution in [-0.4, -0.2) is 26.3 Å². The first-order valence-corrected chi connectivity index (χ1v) is 5.17. The van der Waals surface area contributed by atoms with Crippen molar-refractivity contribution in [1.29, 1.82) is 0 Å². The molecular formula is C11H11N3O3. The largest absolute Gasteiger partial charge is 0.481 e. The van der Waals surface area contributed by atoms with Crippen LogP contribution in [-0.2, 0) is 24.1 Å². The summed E-state index contributed by atoms with van der Waals surface area (Å²) in [4.78, 5) is 14.6. The van der Waals surface area contributed by atoms with Crippen LogP contribution in [0.3, 0.4) is 0 Å². The van der Waals surface area contributed by atoms with Crippen LogP contribution >= 0.6 is 0 Å². The third-order valence-corrected chi connectivity index (χ3v) is 2.13. The number of hydrogen-bond donors (Lipinski definition) is 1. The highest BCUT2D eigenvalue weighted by atomic mass is 16.4. The fraction of sp³-hybridized carbons (Fsp3) is 0.273. The fourth-order valence-electron chi connectivity index (χ4n) is 1.37. The van der Waals surface area contributed by atoms with Gasteiger partial charge in [-0.3, -0.25) is 9.78 Å². The van der Waals surface area contributed by atoms with Gasteiger partial charge in [-0.25, -0.2) is 0 Å². The normalized spacial score (nSPS) is 10.4. The summed E-state index contributed by atoms with van der Waals surface area (Å²) in [5.74, 6) is -0.412. The zero-order valence-electron chi connectivity index (χ0n) is 9.04. The Hall–Kier alpha value is -2.24. The van der Waals surface area contributed by atoms with Gasteiger partial charge >= 0.3 is 5.97 Å². The number of aliphatic carboxylic acids is 1. The SMILES string of the molecule is O=C(O)Cc1nnc(CCc2ccccn2)o1. The summed E-state index contributed by atoms with van der Waals surface area (Å²) in [7, 11) is 0. The van der Waals surface area contributed by atoms with E-state index in [9.17, 15) is 4.79 Å². The fourth-order valence-corrected chi connectivity index (χ4v) is 1.37. The maximum Gasteiger partial charge on any atom is 0.312 e. The van der Waals surface area contributed by atoms with Crippen LogP contribution in [0.4, 0.5) is 0 Å². The van der Waals surface area contributed by atoms with Gasteiger partial charge in [-0.2, -0.15) is 0 Å². The molecule has 0 saturated carbocycles. The number of pyridine rings is 1. The van der Waals surface area contributed by atoms with Crippen molar-refractivity contribution >= 4 is 5.97 Å². The minimum atomic E-state index is -0.982. The van der Waals surface area contributed by atoms with Crippen molar-refractivity contribution in [2.24, 2.45) is 0 Å². The van der Waals surface area contributed by atoms with E-state index in [1.54, 1.807) is 6.20 Å². The van der Waals surface area contributed by atoms with E-state index >= 15 is 0 Å². The highest BCUT2D eigenvalue weighted by Crippen LogP contribution is 2.05. The summed E-state index contributed by atoms with van der Waals surface area (Å²) in [5.41, 5.74) is 0.936. The number of carboxylic acids is 1. The molecule has 6 nitrogen and oxygen atoms in total. The summed E-state index contributed by atoms with van der Waals surface area (Å²) in [6.45, 7) is 0. The van der Waals surface area contributed by atoms with E-state index in [-0.39, 0.29) is 12.3 Å². The quantitative estimate of drug-likeness (QED) is 0.824. The maximum atomic E-state index is 10.4. The lowest BCUT2D eigenvalue weighted by atomic mass is 10.2. The molecule has 0 fully saturated rings. The molecule has 2 rings (SSSR count). The van der Waals surface area contributed by atoms with Crippen LogP contribution in [0.2, 0.25) is 0 Å². The van der Waals surface area contributed by atoms with Crippen molar-refractivity contribution in [3.05, 3.63) is 41.9 Å². The average Bonchev–Trinajstić information content (AvgIpc) is 2.75. The highest BCUT2D eigenvalue weighted by Gasteiger charge is 2.09. The Kier molecular flexibility index (Phi) is 3.44. The Balaban J connectivity index is 1.91. The van der Waals surface area contributed by atoms with E-state index in [1.165, 1.54) is 0 Å². The minimum Gasteiger partial charge on any atom is -0.481 e. The summed E-state index contributed by atoms with van der Waals surface area (Å²) in [5, 5.41) is 16.0. The molecule has 1 N–H and O–H groups in total. The van der Waals surface area contributed by atoms with Crippen LogP contribution in [0.5, 0.6) is 0 Å². The van der Waals surface area contributed by atoms with Gasteiger partial charge in [0.25, 0.3) is 0 Å². The molecule has 6 heteroatoms. The predicted octanol–water partition coefficient (Wildman–Crippen LogP) is 0.877. The molecule has 0 aliphatic rings. The molecule has 0 aliphatic heterocycles. The van der Waals surface area contributed by atoms with Gasteiger partial charge in [-0.15, -0.1) is 10.2 Å². The molecule has 0 amide bonds. The van der Waals surface area contributed by atoms with E-state index in [4.69, 9.17) is 9.52 Å². The lowest BCUT2D eigenvalue weighted by Crippen LogP contribution is -1.99. The average molecular weight is 233 g/mol. The predicted molar refractivity (Wildman–Crippen MR) is 57.3 cm³/mol. The number of carboxylic acid groups (broad SMARTS) is 1. The Bertz CT molecular complexity index is 496. The van der Waals surface area contributed by atoms with Crippen LogP contribution < -0.4 is 0 Å². The van der Waals surface area contributed by atoms with Gasteiger partial charge in [0.1, 0.15) is 6.42 Å². The second-order valence-corrected chi connectivity index (χ2v) is 3.48. The van der Waals surface area contributed by atoms with Crippen LogP contribution in [0.25, 0.3) is 0 Å². The summed E-state index contributed by atoms with van der Waals surface area (Å²) < 4.78 is 5.19. The lowest BCUT2D eigenvalue weighted by molar-refractivity contribution is -0.136. The Morgan fingerprint density at radius 1 is 1.24 bits per heavy atom. The Morgan fingerprint density at radius 2 is 2.06 bits per heavy atom. The Labute approximate surface area is 97.3 Å². The van der Waals surface area contributed by atoms with Crippen LogP contribution in [0, 0.1) is 0 Å². The first kappa shape index (κ1) is 11.3. The van der Waals surface area contributed by atoms with Crippen molar-refractivity contribution in [3.63, 3.8) is 0 Å². The second kappa shape index (κ2) is 5.20. The molecule has 2 heterocycles. The van der Waals surface area contributed by atoms with Gasteiger partial charge in [0.2, 0.25) is 11.8 Å². The molecule has 0 saturated heterocycles. The molecular weight excluding hydrogens is 222 g/mol. The smallest absolute Gasteiger partial charge is 0.312 e. The molecule has 0 aromatic carbocycles. The van der Waals surface area contributed by atoms with Gasteiger partial charge < -0.3 is 9.52 Å². The van der Waals surface area contributed by atoms with Crippen molar-refractivity contribution in [2.75, 3.05) is 0 Å². The molecule has 88 valence electrons. The molecule has 0 bridgehead atoms. The molecule has 0 unspecified atom stereocenters. The van der Waals surface area contributed by atoms with Crippen molar-refractivity contribution in [3.8, 4) is 0 Å². The highest BCUT2D eigenvalue weighted by molar-refractivity contribution is 5.68. The van der Waals surface area contributed by atoms with Gasteiger partial charge in [-0.05, 0) is 18.6 Å². The van der Waals surface area contributed by atoms with Gasteiger partial charge in [0.05, 0.1) is 0 Å². The number of aryl methyl sites for hydroxylation is 2. The molecule has 0 aliphatic carbocycles. The number of hydrogen-bond acceptors (Lipinski definition) is 5. The number of rotatable bonds is 5. The Morgan fingerprint density at radius 3 is 2.76 bits per heavy atom. The summed E-state index contributed by atoms with van der Waals surface area (Å²) in [6.07, 6.45) is 2.73. The molecule has 0 atom stereocenters. The molecule has 0 spiro atoms. The monoisotopic (exact) mass is 233 g/mol. The number of aromatic nitrogens is 3. The minimum absolute atomic E-state index is 0.133. The van der Waals surface area contributed by atoms with Crippen molar-refractivity contribution in [1.82, 2.24) is 15.2 Å².